The van der Waals surface area contributed by atoms with Crippen molar-refractivity contribution < 1.29 is 23.8 Å². The molecule has 8 heteroatoms. The number of esters is 1. The molecule has 0 fully saturated rings. The number of nitrogens with zero attached hydrogens (tertiary/aromatic N) is 2. The third kappa shape index (κ3) is 3.56. The van der Waals surface area contributed by atoms with E-state index in [0.717, 1.165) is 0 Å². The minimum Gasteiger partial charge on any atom is -0.486 e. The molecule has 1 aliphatic carbocycles. The molecule has 0 N–H and O–H groups in total. The molecule has 1 aliphatic heterocycles. The smallest absolute Gasteiger partial charge is 0.348 e. The van der Waals surface area contributed by atoms with Crippen molar-refractivity contribution in [1.82, 2.24) is 9.55 Å². The van der Waals surface area contributed by atoms with Gasteiger partial charge in [-0.25, -0.2) is 9.78 Å². The van der Waals surface area contributed by atoms with Crippen LogP contribution >= 0.6 is 0 Å². The predicted molar refractivity (Wildman–Crippen MR) is 111 cm³/mol. The number of aromatic nitrogens is 2. The Morgan fingerprint density at radius 2 is 1.87 bits per heavy atom. The minimum absolute atomic E-state index is 0.0922. The zero-order chi connectivity index (χ0) is 21.4. The first kappa shape index (κ1) is 19.0. The van der Waals surface area contributed by atoms with Crippen molar-refractivity contribution in [2.24, 2.45) is 0 Å². The van der Waals surface area contributed by atoms with E-state index >= 15 is 0 Å². The highest BCUT2D eigenvalue weighted by Gasteiger charge is 2.22. The van der Waals surface area contributed by atoms with Gasteiger partial charge in [-0.05, 0) is 36.8 Å². The highest BCUT2D eigenvalue weighted by Crippen LogP contribution is 2.32. The molecule has 3 heterocycles. The van der Waals surface area contributed by atoms with Gasteiger partial charge < -0.3 is 14.2 Å². The van der Waals surface area contributed by atoms with Crippen molar-refractivity contribution in [3.8, 4) is 17.2 Å². The number of hydrogen-bond donors (Lipinski definition) is 0. The van der Waals surface area contributed by atoms with E-state index in [1.54, 1.807) is 36.5 Å². The molecule has 0 atom stereocenters. The second kappa shape index (κ2) is 7.71. The molecule has 8 nitrogen and oxygen atoms in total. The molecule has 0 unspecified atom stereocenters. The molecule has 3 aromatic rings. The molecule has 0 saturated carbocycles. The van der Waals surface area contributed by atoms with E-state index in [-0.39, 0.29) is 17.1 Å². The van der Waals surface area contributed by atoms with Crippen LogP contribution in [0.4, 0.5) is 0 Å². The van der Waals surface area contributed by atoms with Gasteiger partial charge in [0.05, 0.1) is 5.69 Å². The quantitative estimate of drug-likeness (QED) is 0.603. The van der Waals surface area contributed by atoms with Crippen molar-refractivity contribution in [2.45, 2.75) is 19.3 Å². The summed E-state index contributed by atoms with van der Waals surface area (Å²) in [5, 5.41) is 0.595. The van der Waals surface area contributed by atoms with Crippen LogP contribution < -0.4 is 15.0 Å². The third-order valence-corrected chi connectivity index (χ3v) is 5.16. The van der Waals surface area contributed by atoms with Gasteiger partial charge in [0.15, 0.2) is 17.3 Å². The number of hydrogen-bond acceptors (Lipinski definition) is 7. The van der Waals surface area contributed by atoms with Gasteiger partial charge in [-0.3, -0.25) is 14.2 Å². The number of rotatable bonds is 3. The van der Waals surface area contributed by atoms with Gasteiger partial charge in [-0.15, -0.1) is 0 Å². The van der Waals surface area contributed by atoms with Crippen LogP contribution in [0.5, 0.6) is 11.5 Å². The molecule has 0 bridgehead atoms. The largest absolute Gasteiger partial charge is 0.486 e. The van der Waals surface area contributed by atoms with Gasteiger partial charge in [0.2, 0.25) is 0 Å². The van der Waals surface area contributed by atoms with E-state index in [0.29, 0.717) is 60.7 Å². The van der Waals surface area contributed by atoms with E-state index in [4.69, 9.17) is 14.2 Å². The maximum atomic E-state index is 13.4. The van der Waals surface area contributed by atoms with E-state index < -0.39 is 11.5 Å². The van der Waals surface area contributed by atoms with Gasteiger partial charge >= 0.3 is 5.97 Å². The first-order chi connectivity index (χ1) is 15.1. The van der Waals surface area contributed by atoms with Crippen LogP contribution in [0.25, 0.3) is 16.7 Å². The topological polar surface area (TPSA) is 96.7 Å². The van der Waals surface area contributed by atoms with Crippen molar-refractivity contribution in [1.29, 1.82) is 0 Å². The summed E-state index contributed by atoms with van der Waals surface area (Å²) in [6.07, 6.45) is 4.42. The normalized spacial score (nSPS) is 15.5. The number of fused-ring (bicyclic) bond motifs is 2. The molecule has 31 heavy (non-hydrogen) atoms. The highest BCUT2D eigenvalue weighted by atomic mass is 16.6. The summed E-state index contributed by atoms with van der Waals surface area (Å²) in [6.45, 7) is 0.862. The lowest BCUT2D eigenvalue weighted by Crippen LogP contribution is -2.27. The summed E-state index contributed by atoms with van der Waals surface area (Å²) in [5.74, 6) is 0.481. The highest BCUT2D eigenvalue weighted by molar-refractivity contribution is 5.95. The van der Waals surface area contributed by atoms with Crippen LogP contribution in [-0.2, 0) is 9.53 Å². The van der Waals surface area contributed by atoms with Crippen LogP contribution in [0.2, 0.25) is 0 Å². The Balaban J connectivity index is 1.63. The number of allylic oxidation sites excluding steroid dienone is 2. The molecule has 156 valence electrons. The molecule has 0 saturated heterocycles. The van der Waals surface area contributed by atoms with E-state index in [2.05, 4.69) is 4.98 Å². The van der Waals surface area contributed by atoms with Gasteiger partial charge in [-0.2, -0.15) is 0 Å². The molecule has 2 aliphatic rings. The summed E-state index contributed by atoms with van der Waals surface area (Å²) >= 11 is 0. The standard InChI is InChI=1S/C23H18N2O6/c26-16-4-1-5-17(13-16)31-23(28)18-11-14-3-2-8-24-21(14)25(22(18)27)15-6-7-19-20(12-15)30-10-9-29-19/h2-3,6-8,11-13H,1,4-5,9-10H2. The van der Waals surface area contributed by atoms with E-state index in [1.165, 1.54) is 16.7 Å². The molecular weight excluding hydrogens is 400 g/mol. The molecule has 0 amide bonds. The van der Waals surface area contributed by atoms with E-state index in [9.17, 15) is 14.4 Å². The Morgan fingerprint density at radius 1 is 1.03 bits per heavy atom. The monoisotopic (exact) mass is 418 g/mol. The lowest BCUT2D eigenvalue weighted by molar-refractivity contribution is -0.115. The molecule has 2 aromatic heterocycles. The Kier molecular flexibility index (Phi) is 4.74. The lowest BCUT2D eigenvalue weighted by atomic mass is 10.1. The van der Waals surface area contributed by atoms with Crippen LogP contribution in [0.3, 0.4) is 0 Å². The zero-order valence-corrected chi connectivity index (χ0v) is 16.5. The number of carbonyl (C=O) groups is 2. The third-order valence-electron chi connectivity index (χ3n) is 5.16. The van der Waals surface area contributed by atoms with Gasteiger partial charge in [-0.1, -0.05) is 0 Å². The van der Waals surface area contributed by atoms with Gasteiger partial charge in [0.1, 0.15) is 30.2 Å². The predicted octanol–water partition coefficient (Wildman–Crippen LogP) is 2.95. The molecule has 0 radical (unpaired) electrons. The fourth-order valence-corrected chi connectivity index (χ4v) is 3.71. The first-order valence-corrected chi connectivity index (χ1v) is 9.96. The lowest BCUT2D eigenvalue weighted by Gasteiger charge is -2.20. The van der Waals surface area contributed by atoms with Crippen LogP contribution in [0, 0.1) is 0 Å². The Morgan fingerprint density at radius 3 is 2.71 bits per heavy atom. The fourth-order valence-electron chi connectivity index (χ4n) is 3.71. The molecular formula is C23H18N2O6. The average Bonchev–Trinajstić information content (AvgIpc) is 2.78. The number of ketones is 1. The molecule has 0 spiro atoms. The van der Waals surface area contributed by atoms with Crippen molar-refractivity contribution in [3.05, 3.63) is 70.3 Å². The minimum atomic E-state index is -0.803. The molecule has 5 rings (SSSR count). The van der Waals surface area contributed by atoms with Gasteiger partial charge in [0, 0.05) is 36.6 Å². The van der Waals surface area contributed by atoms with Crippen molar-refractivity contribution in [3.63, 3.8) is 0 Å². The molecule has 1 aromatic carbocycles. The first-order valence-electron chi connectivity index (χ1n) is 9.96. The summed E-state index contributed by atoms with van der Waals surface area (Å²) < 4.78 is 17.9. The Bertz CT molecular complexity index is 1310. The van der Waals surface area contributed by atoms with Crippen molar-refractivity contribution in [2.75, 3.05) is 13.2 Å². The summed E-state index contributed by atoms with van der Waals surface area (Å²) in [7, 11) is 0. The SMILES string of the molecule is O=C1C=C(OC(=O)c2cc3cccnc3n(-c3ccc4c(c3)OCCO4)c2=O)CCC1. The zero-order valence-electron chi connectivity index (χ0n) is 16.5. The van der Waals surface area contributed by atoms with E-state index in [1.807, 2.05) is 0 Å². The fraction of sp³-hybridized carbons (Fsp3) is 0.217. The Hall–Kier alpha value is -3.94. The van der Waals surface area contributed by atoms with Crippen molar-refractivity contribution >= 4 is 22.8 Å². The number of carbonyl (C=O) groups excluding carboxylic acids is 2. The summed E-state index contributed by atoms with van der Waals surface area (Å²) in [4.78, 5) is 42.2. The van der Waals surface area contributed by atoms with Gasteiger partial charge in [0.25, 0.3) is 5.56 Å². The average molecular weight is 418 g/mol. The maximum Gasteiger partial charge on any atom is 0.348 e. The Labute approximate surface area is 176 Å². The maximum absolute atomic E-state index is 13.4. The second-order valence-corrected chi connectivity index (χ2v) is 7.26. The number of pyridine rings is 2. The van der Waals surface area contributed by atoms with Crippen LogP contribution in [0.1, 0.15) is 29.6 Å². The number of ether oxygens (including phenoxy) is 3. The number of benzene rings is 1. The van der Waals surface area contributed by atoms with Crippen LogP contribution in [0.15, 0.2) is 59.2 Å². The summed E-state index contributed by atoms with van der Waals surface area (Å²) in [5.41, 5.74) is 0.164. The van der Waals surface area contributed by atoms with Crippen LogP contribution in [-0.4, -0.2) is 34.5 Å². The summed E-state index contributed by atoms with van der Waals surface area (Å²) in [6, 6.07) is 10.1. The second-order valence-electron chi connectivity index (χ2n) is 7.26.